The summed E-state index contributed by atoms with van der Waals surface area (Å²) in [6, 6.07) is 3.76. The quantitative estimate of drug-likeness (QED) is 0.679. The monoisotopic (exact) mass is 379 g/mol. The van der Waals surface area contributed by atoms with Crippen molar-refractivity contribution < 1.29 is 13.9 Å². The molecular formula is C17H15ClFN3O2S. The van der Waals surface area contributed by atoms with Crippen LogP contribution in [0.15, 0.2) is 35.9 Å². The van der Waals surface area contributed by atoms with E-state index < -0.39 is 11.9 Å². The SMILES string of the molecule is COc1ccc(F)cc1[C@@H](C)NC(=O)/C=C\c1c(Cl)nc2sccn12. The maximum Gasteiger partial charge on any atom is 0.244 e. The number of methoxy groups -OCH3 is 1. The highest BCUT2D eigenvalue weighted by atomic mass is 35.5. The van der Waals surface area contributed by atoms with E-state index in [0.29, 0.717) is 22.2 Å². The molecule has 2 aromatic heterocycles. The molecule has 2 heterocycles. The Kier molecular flexibility index (Phi) is 5.06. The summed E-state index contributed by atoms with van der Waals surface area (Å²) in [5, 5.41) is 4.99. The Morgan fingerprint density at radius 3 is 3.08 bits per heavy atom. The molecule has 3 aromatic rings. The molecule has 3 rings (SSSR count). The van der Waals surface area contributed by atoms with E-state index in [0.717, 1.165) is 4.96 Å². The first-order valence-electron chi connectivity index (χ1n) is 7.42. The minimum absolute atomic E-state index is 0.329. The van der Waals surface area contributed by atoms with Gasteiger partial charge >= 0.3 is 0 Å². The molecule has 0 saturated heterocycles. The summed E-state index contributed by atoms with van der Waals surface area (Å²) >= 11 is 7.54. The zero-order valence-electron chi connectivity index (χ0n) is 13.5. The normalized spacial score (nSPS) is 12.6. The second-order valence-corrected chi connectivity index (χ2v) is 6.52. The third kappa shape index (κ3) is 3.67. The van der Waals surface area contributed by atoms with Crippen LogP contribution in [0.25, 0.3) is 11.0 Å². The lowest BCUT2D eigenvalue weighted by Crippen LogP contribution is -2.25. The van der Waals surface area contributed by atoms with Crippen LogP contribution in [0.5, 0.6) is 5.75 Å². The summed E-state index contributed by atoms with van der Waals surface area (Å²) in [5.41, 5.74) is 1.19. The molecule has 8 heteroatoms. The Labute approximate surface area is 152 Å². The van der Waals surface area contributed by atoms with E-state index in [4.69, 9.17) is 16.3 Å². The van der Waals surface area contributed by atoms with Gasteiger partial charge in [0.15, 0.2) is 10.1 Å². The highest BCUT2D eigenvalue weighted by molar-refractivity contribution is 7.15. The van der Waals surface area contributed by atoms with Crippen molar-refractivity contribution in [2.24, 2.45) is 0 Å². The number of imidazole rings is 1. The Balaban J connectivity index is 1.75. The summed E-state index contributed by atoms with van der Waals surface area (Å²) < 4.78 is 20.5. The fourth-order valence-corrected chi connectivity index (χ4v) is 3.47. The molecule has 0 radical (unpaired) electrons. The summed E-state index contributed by atoms with van der Waals surface area (Å²) in [4.78, 5) is 17.1. The molecule has 25 heavy (non-hydrogen) atoms. The number of nitrogens with one attached hydrogen (secondary N) is 1. The van der Waals surface area contributed by atoms with Crippen molar-refractivity contribution in [3.8, 4) is 5.75 Å². The number of thiazole rings is 1. The number of amides is 1. The summed E-state index contributed by atoms with van der Waals surface area (Å²) in [7, 11) is 1.50. The van der Waals surface area contributed by atoms with Gasteiger partial charge in [-0.15, -0.1) is 11.3 Å². The molecule has 5 nitrogen and oxygen atoms in total. The van der Waals surface area contributed by atoms with Crippen molar-refractivity contribution >= 4 is 39.9 Å². The lowest BCUT2D eigenvalue weighted by Gasteiger charge is -2.16. The van der Waals surface area contributed by atoms with Gasteiger partial charge in [0.2, 0.25) is 5.91 Å². The fourth-order valence-electron chi connectivity index (χ4n) is 2.46. The number of ether oxygens (including phenoxy) is 1. The third-order valence-electron chi connectivity index (χ3n) is 3.66. The summed E-state index contributed by atoms with van der Waals surface area (Å²) in [6.45, 7) is 1.76. The van der Waals surface area contributed by atoms with E-state index in [1.165, 1.54) is 42.7 Å². The van der Waals surface area contributed by atoms with Gasteiger partial charge in [0.1, 0.15) is 11.6 Å². The van der Waals surface area contributed by atoms with E-state index in [9.17, 15) is 9.18 Å². The minimum Gasteiger partial charge on any atom is -0.496 e. The van der Waals surface area contributed by atoms with Gasteiger partial charge in [-0.25, -0.2) is 9.37 Å². The molecule has 0 saturated carbocycles. The van der Waals surface area contributed by atoms with Gasteiger partial charge in [-0.2, -0.15) is 0 Å². The second kappa shape index (κ2) is 7.25. The maximum atomic E-state index is 13.5. The average molecular weight is 380 g/mol. The second-order valence-electron chi connectivity index (χ2n) is 5.29. The smallest absolute Gasteiger partial charge is 0.244 e. The van der Waals surface area contributed by atoms with Crippen LogP contribution in [0.4, 0.5) is 4.39 Å². The van der Waals surface area contributed by atoms with E-state index in [1.807, 2.05) is 11.6 Å². The van der Waals surface area contributed by atoms with Crippen LogP contribution in [0.3, 0.4) is 0 Å². The minimum atomic E-state index is -0.426. The molecule has 0 bridgehead atoms. The van der Waals surface area contributed by atoms with Gasteiger partial charge in [0, 0.05) is 23.2 Å². The van der Waals surface area contributed by atoms with Crippen molar-refractivity contribution in [3.05, 3.63) is 58.1 Å². The van der Waals surface area contributed by atoms with Crippen LogP contribution in [0.2, 0.25) is 5.15 Å². The third-order valence-corrected chi connectivity index (χ3v) is 4.70. The number of rotatable bonds is 5. The molecule has 0 aliphatic heterocycles. The van der Waals surface area contributed by atoms with Gasteiger partial charge in [0.25, 0.3) is 0 Å². The molecule has 130 valence electrons. The summed E-state index contributed by atoms with van der Waals surface area (Å²) in [5.74, 6) is -0.213. The molecule has 1 atom stereocenters. The zero-order chi connectivity index (χ0) is 18.0. The lowest BCUT2D eigenvalue weighted by molar-refractivity contribution is -0.117. The first-order valence-corrected chi connectivity index (χ1v) is 8.68. The van der Waals surface area contributed by atoms with Crippen LogP contribution in [-0.4, -0.2) is 22.4 Å². The zero-order valence-corrected chi connectivity index (χ0v) is 15.1. The molecule has 1 amide bonds. The van der Waals surface area contributed by atoms with Crippen LogP contribution in [0.1, 0.15) is 24.2 Å². The van der Waals surface area contributed by atoms with Gasteiger partial charge in [0.05, 0.1) is 18.8 Å². The number of carbonyl (C=O) groups is 1. The van der Waals surface area contributed by atoms with E-state index in [1.54, 1.807) is 17.4 Å². The number of fused-ring (bicyclic) bond motifs is 1. The number of hydrogen-bond donors (Lipinski definition) is 1. The number of halogens is 2. The molecule has 0 aliphatic rings. The lowest BCUT2D eigenvalue weighted by atomic mass is 10.1. The van der Waals surface area contributed by atoms with E-state index >= 15 is 0 Å². The van der Waals surface area contributed by atoms with Crippen LogP contribution < -0.4 is 10.1 Å². The van der Waals surface area contributed by atoms with Crippen molar-refractivity contribution in [1.29, 1.82) is 0 Å². The average Bonchev–Trinajstić information content (AvgIpc) is 3.13. The molecular weight excluding hydrogens is 365 g/mol. The first-order chi connectivity index (χ1) is 12.0. The van der Waals surface area contributed by atoms with Crippen LogP contribution in [-0.2, 0) is 4.79 Å². The number of carbonyl (C=O) groups excluding carboxylic acids is 1. The van der Waals surface area contributed by atoms with E-state index in [-0.39, 0.29) is 5.91 Å². The van der Waals surface area contributed by atoms with Gasteiger partial charge in [-0.3, -0.25) is 9.20 Å². The Hall–Kier alpha value is -2.38. The number of hydrogen-bond acceptors (Lipinski definition) is 4. The van der Waals surface area contributed by atoms with Crippen LogP contribution in [0, 0.1) is 5.82 Å². The predicted molar refractivity (Wildman–Crippen MR) is 96.6 cm³/mol. The van der Waals surface area contributed by atoms with Gasteiger partial charge in [-0.1, -0.05) is 11.6 Å². The van der Waals surface area contributed by atoms with E-state index in [2.05, 4.69) is 10.3 Å². The fraction of sp³-hybridized carbons (Fsp3) is 0.176. The predicted octanol–water partition coefficient (Wildman–Crippen LogP) is 4.09. The van der Waals surface area contributed by atoms with Gasteiger partial charge in [-0.05, 0) is 31.2 Å². The number of nitrogens with zero attached hydrogens (tertiary/aromatic N) is 2. The number of benzene rings is 1. The maximum absolute atomic E-state index is 13.5. The topological polar surface area (TPSA) is 55.6 Å². The molecule has 0 spiro atoms. The molecule has 1 aromatic carbocycles. The Morgan fingerprint density at radius 1 is 1.52 bits per heavy atom. The molecule has 1 N–H and O–H groups in total. The first kappa shape index (κ1) is 17.4. The largest absolute Gasteiger partial charge is 0.496 e. The van der Waals surface area contributed by atoms with Gasteiger partial charge < -0.3 is 10.1 Å². The standard InChI is InChI=1S/C17H15ClFN3O2S/c1-10(12-9-11(19)3-5-14(12)24-2)20-15(23)6-4-13-16(18)21-17-22(13)7-8-25-17/h3-10H,1-2H3,(H,20,23)/b6-4-/t10-/m1/s1. The van der Waals surface area contributed by atoms with Crippen molar-refractivity contribution in [1.82, 2.24) is 14.7 Å². The van der Waals surface area contributed by atoms with Crippen molar-refractivity contribution in [3.63, 3.8) is 0 Å². The molecule has 0 aliphatic carbocycles. The van der Waals surface area contributed by atoms with Crippen molar-refractivity contribution in [2.75, 3.05) is 7.11 Å². The Morgan fingerprint density at radius 2 is 2.32 bits per heavy atom. The number of aromatic nitrogens is 2. The van der Waals surface area contributed by atoms with Crippen molar-refractivity contribution in [2.45, 2.75) is 13.0 Å². The van der Waals surface area contributed by atoms with Crippen LogP contribution >= 0.6 is 22.9 Å². The molecule has 0 unspecified atom stereocenters. The molecule has 0 fully saturated rings. The highest BCUT2D eigenvalue weighted by Gasteiger charge is 2.14. The Bertz CT molecular complexity index is 951. The highest BCUT2D eigenvalue weighted by Crippen LogP contribution is 2.26. The summed E-state index contributed by atoms with van der Waals surface area (Å²) in [6.07, 6.45) is 4.80.